The summed E-state index contributed by atoms with van der Waals surface area (Å²) < 4.78 is 20.3. The van der Waals surface area contributed by atoms with Crippen LogP contribution in [0.25, 0.3) is 0 Å². The normalized spacial score (nSPS) is 16.7. The first-order valence-corrected chi connectivity index (χ1v) is 10.5. The maximum absolute atomic E-state index is 13.0. The van der Waals surface area contributed by atoms with Crippen LogP contribution < -0.4 is 10.3 Å². The fourth-order valence-corrected chi connectivity index (χ4v) is 4.00. The molecule has 2 heterocycles. The van der Waals surface area contributed by atoms with Crippen LogP contribution in [0.2, 0.25) is 0 Å². The fourth-order valence-electron chi connectivity index (χ4n) is 4.00. The molecule has 1 atom stereocenters. The molecule has 0 radical (unpaired) electrons. The zero-order valence-corrected chi connectivity index (χ0v) is 17.3. The van der Waals surface area contributed by atoms with Crippen molar-refractivity contribution in [2.45, 2.75) is 38.5 Å². The van der Waals surface area contributed by atoms with Crippen molar-refractivity contribution in [2.24, 2.45) is 0 Å². The minimum atomic E-state index is -0.276. The molecule has 1 aromatic heterocycles. The van der Waals surface area contributed by atoms with Crippen LogP contribution in [0.3, 0.4) is 0 Å². The van der Waals surface area contributed by atoms with Gasteiger partial charge in [-0.05, 0) is 67.7 Å². The number of likely N-dealkylation sites (tertiary alicyclic amines) is 1. The second kappa shape index (κ2) is 9.26. The molecular weight excluding hydrogens is 379 g/mol. The van der Waals surface area contributed by atoms with Crippen molar-refractivity contribution in [1.82, 2.24) is 9.47 Å². The molecule has 1 unspecified atom stereocenters. The Labute approximate surface area is 176 Å². The van der Waals surface area contributed by atoms with Gasteiger partial charge in [0.15, 0.2) is 0 Å². The number of aromatic nitrogens is 1. The van der Waals surface area contributed by atoms with Crippen molar-refractivity contribution < 1.29 is 9.13 Å². The summed E-state index contributed by atoms with van der Waals surface area (Å²) in [6.07, 6.45) is 5.05. The van der Waals surface area contributed by atoms with E-state index < -0.39 is 0 Å². The SMILES string of the molecule is CN1CCCC1c1ccc(CCn2ccc(OCc3ccc(F)cc3)cc2=O)cc1. The molecule has 0 bridgehead atoms. The van der Waals surface area contributed by atoms with Gasteiger partial charge in [-0.15, -0.1) is 0 Å². The van der Waals surface area contributed by atoms with E-state index in [4.69, 9.17) is 4.74 Å². The Kier molecular flexibility index (Phi) is 6.29. The Morgan fingerprint density at radius 2 is 1.77 bits per heavy atom. The van der Waals surface area contributed by atoms with Crippen LogP contribution in [0.1, 0.15) is 35.6 Å². The second-order valence-corrected chi connectivity index (χ2v) is 7.94. The monoisotopic (exact) mass is 406 g/mol. The molecule has 0 amide bonds. The maximum atomic E-state index is 13.0. The number of benzene rings is 2. The van der Waals surface area contributed by atoms with Crippen molar-refractivity contribution in [3.8, 4) is 5.75 Å². The van der Waals surface area contributed by atoms with Gasteiger partial charge in [0.1, 0.15) is 18.2 Å². The molecule has 1 aliphatic rings. The number of hydrogen-bond donors (Lipinski definition) is 0. The average Bonchev–Trinajstić information content (AvgIpc) is 3.19. The predicted octanol–water partition coefficient (Wildman–Crippen LogP) is 4.58. The molecule has 0 spiro atoms. The number of ether oxygens (including phenoxy) is 1. The highest BCUT2D eigenvalue weighted by atomic mass is 19.1. The summed E-state index contributed by atoms with van der Waals surface area (Å²) in [4.78, 5) is 14.8. The van der Waals surface area contributed by atoms with E-state index in [2.05, 4.69) is 36.2 Å². The third kappa shape index (κ3) is 4.97. The van der Waals surface area contributed by atoms with Gasteiger partial charge in [-0.25, -0.2) is 4.39 Å². The van der Waals surface area contributed by atoms with Gasteiger partial charge in [0, 0.05) is 24.8 Å². The van der Waals surface area contributed by atoms with E-state index in [1.807, 2.05) is 0 Å². The van der Waals surface area contributed by atoms with E-state index in [1.165, 1.54) is 48.7 Å². The molecule has 5 heteroatoms. The zero-order chi connectivity index (χ0) is 20.9. The number of pyridine rings is 1. The van der Waals surface area contributed by atoms with Gasteiger partial charge in [-0.1, -0.05) is 36.4 Å². The lowest BCUT2D eigenvalue weighted by Gasteiger charge is -2.20. The highest BCUT2D eigenvalue weighted by Crippen LogP contribution is 2.30. The lowest BCUT2D eigenvalue weighted by molar-refractivity contribution is 0.304. The Morgan fingerprint density at radius 1 is 1.03 bits per heavy atom. The Hall–Kier alpha value is -2.92. The van der Waals surface area contributed by atoms with Gasteiger partial charge in [0.2, 0.25) is 0 Å². The Morgan fingerprint density at radius 3 is 2.43 bits per heavy atom. The van der Waals surface area contributed by atoms with Crippen molar-refractivity contribution in [2.75, 3.05) is 13.6 Å². The van der Waals surface area contributed by atoms with Crippen LogP contribution in [0, 0.1) is 5.82 Å². The topological polar surface area (TPSA) is 34.5 Å². The van der Waals surface area contributed by atoms with Crippen LogP contribution in [0.15, 0.2) is 71.7 Å². The Balaban J connectivity index is 1.32. The van der Waals surface area contributed by atoms with E-state index in [1.54, 1.807) is 29.0 Å². The molecule has 0 saturated carbocycles. The molecular formula is C25H27FN2O2. The van der Waals surface area contributed by atoms with Crippen molar-refractivity contribution in [3.63, 3.8) is 0 Å². The van der Waals surface area contributed by atoms with Crippen LogP contribution in [-0.4, -0.2) is 23.1 Å². The molecule has 1 aliphatic heterocycles. The van der Waals surface area contributed by atoms with E-state index in [-0.39, 0.29) is 11.4 Å². The molecule has 3 aromatic rings. The summed E-state index contributed by atoms with van der Waals surface area (Å²) in [6.45, 7) is 2.09. The number of aryl methyl sites for hydroxylation is 2. The van der Waals surface area contributed by atoms with Gasteiger partial charge in [-0.2, -0.15) is 0 Å². The summed E-state index contributed by atoms with van der Waals surface area (Å²) in [5, 5.41) is 0. The molecule has 0 N–H and O–H groups in total. The molecule has 30 heavy (non-hydrogen) atoms. The number of halogens is 1. The minimum Gasteiger partial charge on any atom is -0.489 e. The first kappa shape index (κ1) is 20.4. The van der Waals surface area contributed by atoms with Crippen LogP contribution >= 0.6 is 0 Å². The maximum Gasteiger partial charge on any atom is 0.254 e. The molecule has 1 fully saturated rings. The summed E-state index contributed by atoms with van der Waals surface area (Å²) in [5.74, 6) is 0.243. The standard InChI is InChI=1S/C25H27FN2O2/c1-27-14-2-3-24(27)21-8-4-19(5-9-21)12-15-28-16-13-23(17-25(28)29)30-18-20-6-10-22(26)11-7-20/h4-11,13,16-17,24H,2-3,12,14-15,18H2,1H3. The first-order chi connectivity index (χ1) is 14.6. The lowest BCUT2D eigenvalue weighted by atomic mass is 10.0. The number of rotatable bonds is 7. The van der Waals surface area contributed by atoms with Crippen LogP contribution in [0.4, 0.5) is 4.39 Å². The summed E-state index contributed by atoms with van der Waals surface area (Å²) in [6, 6.07) is 18.8. The molecule has 4 rings (SSSR count). The van der Waals surface area contributed by atoms with E-state index in [0.717, 1.165) is 12.0 Å². The predicted molar refractivity (Wildman–Crippen MR) is 116 cm³/mol. The van der Waals surface area contributed by atoms with Gasteiger partial charge in [-0.3, -0.25) is 9.69 Å². The molecule has 0 aliphatic carbocycles. The van der Waals surface area contributed by atoms with Crippen LogP contribution in [0.5, 0.6) is 5.75 Å². The van der Waals surface area contributed by atoms with Crippen molar-refractivity contribution >= 4 is 0 Å². The minimum absolute atomic E-state index is 0.0872. The lowest BCUT2D eigenvalue weighted by Crippen LogP contribution is -2.20. The van der Waals surface area contributed by atoms with Crippen molar-refractivity contribution in [3.05, 3.63) is 99.7 Å². The largest absolute Gasteiger partial charge is 0.489 e. The molecule has 2 aromatic carbocycles. The quantitative estimate of drug-likeness (QED) is 0.576. The smallest absolute Gasteiger partial charge is 0.254 e. The van der Waals surface area contributed by atoms with Crippen molar-refractivity contribution in [1.29, 1.82) is 0 Å². The van der Waals surface area contributed by atoms with E-state index >= 15 is 0 Å². The van der Waals surface area contributed by atoms with Gasteiger partial charge in [0.25, 0.3) is 5.56 Å². The third-order valence-electron chi connectivity index (χ3n) is 5.81. The van der Waals surface area contributed by atoms with Gasteiger partial charge >= 0.3 is 0 Å². The number of nitrogens with zero attached hydrogens (tertiary/aromatic N) is 2. The zero-order valence-electron chi connectivity index (χ0n) is 17.3. The van der Waals surface area contributed by atoms with E-state index in [9.17, 15) is 9.18 Å². The average molecular weight is 407 g/mol. The highest BCUT2D eigenvalue weighted by Gasteiger charge is 2.22. The van der Waals surface area contributed by atoms with Gasteiger partial charge < -0.3 is 9.30 Å². The third-order valence-corrected chi connectivity index (χ3v) is 5.81. The Bertz CT molecular complexity index is 1030. The number of hydrogen-bond acceptors (Lipinski definition) is 3. The molecule has 1 saturated heterocycles. The molecule has 156 valence electrons. The molecule has 4 nitrogen and oxygen atoms in total. The summed E-state index contributed by atoms with van der Waals surface area (Å²) in [7, 11) is 2.19. The van der Waals surface area contributed by atoms with Crippen LogP contribution in [-0.2, 0) is 19.6 Å². The second-order valence-electron chi connectivity index (χ2n) is 7.94. The van der Waals surface area contributed by atoms with E-state index in [0.29, 0.717) is 24.9 Å². The van der Waals surface area contributed by atoms with Gasteiger partial charge in [0.05, 0.1) is 0 Å². The fraction of sp³-hybridized carbons (Fsp3) is 0.320. The summed E-state index contributed by atoms with van der Waals surface area (Å²) >= 11 is 0. The first-order valence-electron chi connectivity index (χ1n) is 10.5. The highest BCUT2D eigenvalue weighted by molar-refractivity contribution is 5.26. The summed E-state index contributed by atoms with van der Waals surface area (Å²) in [5.41, 5.74) is 3.37.